The molecule has 9 nitrogen and oxygen atoms in total. The van der Waals surface area contributed by atoms with E-state index in [1.54, 1.807) is 6.07 Å². The minimum atomic E-state index is -4.11. The van der Waals surface area contributed by atoms with Gasteiger partial charge in [0.1, 0.15) is 5.82 Å². The molecule has 1 N–H and O–H groups in total. The van der Waals surface area contributed by atoms with Crippen LogP contribution in [0.2, 0.25) is 5.02 Å². The SMILES string of the molecule is CC(OC(=O)c1cc(S(=O)(=O)N(C)c2ccc(F)cc2)ccc1Cl)C(=O)Nc1ncccn1. The van der Waals surface area contributed by atoms with Crippen LogP contribution in [-0.4, -0.2) is 43.4 Å². The van der Waals surface area contributed by atoms with Gasteiger partial charge in [0.2, 0.25) is 5.95 Å². The highest BCUT2D eigenvalue weighted by Gasteiger charge is 2.26. The first kappa shape index (κ1) is 24.1. The second-order valence-electron chi connectivity index (χ2n) is 6.70. The predicted molar refractivity (Wildman–Crippen MR) is 119 cm³/mol. The van der Waals surface area contributed by atoms with Crippen molar-refractivity contribution in [2.75, 3.05) is 16.7 Å². The summed E-state index contributed by atoms with van der Waals surface area (Å²) in [6.45, 7) is 1.33. The summed E-state index contributed by atoms with van der Waals surface area (Å²) in [7, 11) is -2.83. The van der Waals surface area contributed by atoms with Crippen molar-refractivity contribution in [3.63, 3.8) is 0 Å². The largest absolute Gasteiger partial charge is 0.449 e. The smallest absolute Gasteiger partial charge is 0.340 e. The lowest BCUT2D eigenvalue weighted by molar-refractivity contribution is -0.123. The number of hydrogen-bond acceptors (Lipinski definition) is 7. The fourth-order valence-corrected chi connectivity index (χ4v) is 4.04. The van der Waals surface area contributed by atoms with Crippen LogP contribution in [0.3, 0.4) is 0 Å². The molecule has 0 saturated carbocycles. The van der Waals surface area contributed by atoms with E-state index in [2.05, 4.69) is 15.3 Å². The van der Waals surface area contributed by atoms with Gasteiger partial charge in [0.25, 0.3) is 15.9 Å². The molecule has 1 atom stereocenters. The second-order valence-corrected chi connectivity index (χ2v) is 9.08. The van der Waals surface area contributed by atoms with E-state index in [-0.39, 0.29) is 27.1 Å². The van der Waals surface area contributed by atoms with Gasteiger partial charge in [0, 0.05) is 19.4 Å². The van der Waals surface area contributed by atoms with Crippen LogP contribution in [-0.2, 0) is 19.6 Å². The number of ether oxygens (including phenoxy) is 1. The van der Waals surface area contributed by atoms with Crippen LogP contribution >= 0.6 is 11.6 Å². The van der Waals surface area contributed by atoms with Gasteiger partial charge in [-0.3, -0.25) is 14.4 Å². The average molecular weight is 493 g/mol. The summed E-state index contributed by atoms with van der Waals surface area (Å²) in [6.07, 6.45) is 1.60. The maximum atomic E-state index is 13.2. The molecule has 0 fully saturated rings. The van der Waals surface area contributed by atoms with Crippen LogP contribution in [0.4, 0.5) is 16.0 Å². The van der Waals surface area contributed by atoms with Gasteiger partial charge in [-0.1, -0.05) is 11.6 Å². The number of carbonyl (C=O) groups is 2. The summed E-state index contributed by atoms with van der Waals surface area (Å²) in [6, 6.07) is 9.91. The van der Waals surface area contributed by atoms with Crippen molar-refractivity contribution >= 4 is 45.1 Å². The summed E-state index contributed by atoms with van der Waals surface area (Å²) < 4.78 is 45.2. The van der Waals surface area contributed by atoms with Gasteiger partial charge < -0.3 is 4.74 Å². The first-order valence-electron chi connectivity index (χ1n) is 9.42. The third-order valence-corrected chi connectivity index (χ3v) is 6.57. The Morgan fingerprint density at radius 3 is 2.39 bits per heavy atom. The second kappa shape index (κ2) is 9.92. The van der Waals surface area contributed by atoms with E-state index >= 15 is 0 Å². The standard InChI is InChI=1S/C21H18ClFN4O5S/c1-13(19(28)26-21-24-10-3-11-25-21)32-20(29)17-12-16(8-9-18(17)22)33(30,31)27(2)15-6-4-14(23)5-7-15/h3-13H,1-2H3,(H,24,25,26,28). The van der Waals surface area contributed by atoms with Crippen molar-refractivity contribution in [3.8, 4) is 0 Å². The molecule has 0 aliphatic heterocycles. The summed E-state index contributed by atoms with van der Waals surface area (Å²) in [5.74, 6) is -2.18. The minimum Gasteiger partial charge on any atom is -0.449 e. The normalized spacial score (nSPS) is 12.0. The van der Waals surface area contributed by atoms with E-state index in [9.17, 15) is 22.4 Å². The molecule has 0 aliphatic rings. The fourth-order valence-electron chi connectivity index (χ4n) is 2.62. The van der Waals surface area contributed by atoms with E-state index < -0.39 is 33.8 Å². The fraction of sp³-hybridized carbons (Fsp3) is 0.143. The molecule has 1 amide bonds. The summed E-state index contributed by atoms with van der Waals surface area (Å²) in [5, 5.41) is 2.32. The van der Waals surface area contributed by atoms with E-state index in [1.165, 1.54) is 50.6 Å². The number of esters is 1. The van der Waals surface area contributed by atoms with E-state index in [0.717, 1.165) is 22.5 Å². The number of halogens is 2. The number of hydrogen-bond donors (Lipinski definition) is 1. The zero-order valence-electron chi connectivity index (χ0n) is 17.4. The summed E-state index contributed by atoms with van der Waals surface area (Å²) >= 11 is 6.08. The van der Waals surface area contributed by atoms with Crippen molar-refractivity contribution in [2.24, 2.45) is 0 Å². The van der Waals surface area contributed by atoms with E-state index in [0.29, 0.717) is 0 Å². The Kier molecular flexibility index (Phi) is 7.24. The minimum absolute atomic E-state index is 0.0281. The lowest BCUT2D eigenvalue weighted by Crippen LogP contribution is -2.31. The predicted octanol–water partition coefficient (Wildman–Crippen LogP) is 3.28. The Hall–Kier alpha value is -3.57. The van der Waals surface area contributed by atoms with Crippen LogP contribution in [0.15, 0.2) is 65.8 Å². The van der Waals surface area contributed by atoms with Crippen molar-refractivity contribution in [1.29, 1.82) is 0 Å². The molecule has 1 heterocycles. The number of nitrogens with zero attached hydrogens (tertiary/aromatic N) is 3. The number of aromatic nitrogens is 2. The van der Waals surface area contributed by atoms with Gasteiger partial charge in [0.05, 0.1) is 21.2 Å². The van der Waals surface area contributed by atoms with Crippen LogP contribution in [0.5, 0.6) is 0 Å². The maximum Gasteiger partial charge on any atom is 0.340 e. The van der Waals surface area contributed by atoms with Gasteiger partial charge >= 0.3 is 5.97 Å². The lowest BCUT2D eigenvalue weighted by atomic mass is 10.2. The van der Waals surface area contributed by atoms with Crippen LogP contribution in [0.25, 0.3) is 0 Å². The highest BCUT2D eigenvalue weighted by molar-refractivity contribution is 7.92. The Bertz CT molecular complexity index is 1270. The maximum absolute atomic E-state index is 13.2. The molecule has 172 valence electrons. The number of anilines is 2. The molecule has 0 saturated heterocycles. The van der Waals surface area contributed by atoms with E-state index in [4.69, 9.17) is 16.3 Å². The van der Waals surface area contributed by atoms with Crippen molar-refractivity contribution in [3.05, 3.63) is 77.3 Å². The van der Waals surface area contributed by atoms with E-state index in [1.807, 2.05) is 0 Å². The number of carbonyl (C=O) groups excluding carboxylic acids is 2. The number of rotatable bonds is 7. The molecule has 0 spiro atoms. The number of amides is 1. The van der Waals surface area contributed by atoms with Gasteiger partial charge in [-0.2, -0.15) is 0 Å². The Balaban J connectivity index is 1.79. The molecular formula is C21H18ClFN4O5S. The molecule has 2 aromatic carbocycles. The Morgan fingerprint density at radius 2 is 1.76 bits per heavy atom. The molecule has 1 unspecified atom stereocenters. The highest BCUT2D eigenvalue weighted by Crippen LogP contribution is 2.26. The molecule has 0 radical (unpaired) electrons. The summed E-state index contributed by atoms with van der Waals surface area (Å²) in [5.41, 5.74) is -0.0373. The van der Waals surface area contributed by atoms with Crippen LogP contribution < -0.4 is 9.62 Å². The lowest BCUT2D eigenvalue weighted by Gasteiger charge is -2.20. The topological polar surface area (TPSA) is 119 Å². The van der Waals surface area contributed by atoms with Gasteiger partial charge in [-0.15, -0.1) is 0 Å². The van der Waals surface area contributed by atoms with Gasteiger partial charge in [-0.05, 0) is 55.5 Å². The molecule has 33 heavy (non-hydrogen) atoms. The molecule has 12 heteroatoms. The molecule has 0 aliphatic carbocycles. The van der Waals surface area contributed by atoms with Crippen LogP contribution in [0, 0.1) is 5.82 Å². The van der Waals surface area contributed by atoms with Crippen molar-refractivity contribution in [2.45, 2.75) is 17.9 Å². The third-order valence-electron chi connectivity index (χ3n) is 4.46. The third kappa shape index (κ3) is 5.62. The van der Waals surface area contributed by atoms with Crippen molar-refractivity contribution in [1.82, 2.24) is 9.97 Å². The first-order valence-corrected chi connectivity index (χ1v) is 11.2. The number of benzene rings is 2. The highest BCUT2D eigenvalue weighted by atomic mass is 35.5. The Labute approximate surface area is 194 Å². The first-order chi connectivity index (χ1) is 15.6. The number of nitrogens with one attached hydrogen (secondary N) is 1. The molecule has 3 aromatic rings. The Morgan fingerprint density at radius 1 is 1.12 bits per heavy atom. The monoisotopic (exact) mass is 492 g/mol. The van der Waals surface area contributed by atoms with Crippen LogP contribution in [0.1, 0.15) is 17.3 Å². The molecular weight excluding hydrogens is 475 g/mol. The average Bonchev–Trinajstić information content (AvgIpc) is 2.79. The van der Waals surface area contributed by atoms with Crippen molar-refractivity contribution < 1.29 is 27.1 Å². The quantitative estimate of drug-likeness (QED) is 0.503. The summed E-state index contributed by atoms with van der Waals surface area (Å²) in [4.78, 5) is 32.3. The molecule has 0 bridgehead atoms. The zero-order valence-corrected chi connectivity index (χ0v) is 19.0. The zero-order chi connectivity index (χ0) is 24.2. The van der Waals surface area contributed by atoms with Gasteiger partial charge in [0.15, 0.2) is 6.10 Å². The molecule has 1 aromatic heterocycles. The number of sulfonamides is 1. The van der Waals surface area contributed by atoms with Gasteiger partial charge in [-0.25, -0.2) is 27.6 Å². The molecule has 3 rings (SSSR count).